The number of amides is 1. The zero-order valence-electron chi connectivity index (χ0n) is 9.89. The van der Waals surface area contributed by atoms with Gasteiger partial charge < -0.3 is 0 Å². The van der Waals surface area contributed by atoms with Gasteiger partial charge in [-0.05, 0) is 37.1 Å². The SMILES string of the molecule is O=C(NS(=O)(=O)c1cccs1)C1=CCCCCC1. The topological polar surface area (TPSA) is 63.2 Å². The van der Waals surface area contributed by atoms with Gasteiger partial charge in [0.15, 0.2) is 0 Å². The van der Waals surface area contributed by atoms with Crippen molar-refractivity contribution in [1.29, 1.82) is 0 Å². The highest BCUT2D eigenvalue weighted by Crippen LogP contribution is 2.19. The minimum atomic E-state index is -3.70. The summed E-state index contributed by atoms with van der Waals surface area (Å²) in [5, 5.41) is 1.67. The molecular weight excluding hydrogens is 270 g/mol. The first kappa shape index (κ1) is 13.3. The monoisotopic (exact) mass is 285 g/mol. The van der Waals surface area contributed by atoms with Gasteiger partial charge in [-0.25, -0.2) is 13.1 Å². The molecule has 2 rings (SSSR count). The van der Waals surface area contributed by atoms with Crippen LogP contribution >= 0.6 is 11.3 Å². The standard InChI is InChI=1S/C12H15NO3S2/c14-12(10-6-3-1-2-4-7-10)13-18(15,16)11-8-5-9-17-11/h5-6,8-9H,1-4,7H2,(H,13,14). The second-order valence-electron chi connectivity index (χ2n) is 4.20. The van der Waals surface area contributed by atoms with Gasteiger partial charge in [0.2, 0.25) is 0 Å². The molecule has 0 unspecified atom stereocenters. The van der Waals surface area contributed by atoms with Gasteiger partial charge >= 0.3 is 0 Å². The highest BCUT2D eigenvalue weighted by atomic mass is 32.2. The van der Waals surface area contributed by atoms with E-state index >= 15 is 0 Å². The number of nitrogens with one attached hydrogen (secondary N) is 1. The molecule has 18 heavy (non-hydrogen) atoms. The molecule has 1 aromatic rings. The molecule has 1 heterocycles. The van der Waals surface area contributed by atoms with Crippen molar-refractivity contribution in [1.82, 2.24) is 4.72 Å². The van der Waals surface area contributed by atoms with E-state index in [1.807, 2.05) is 6.08 Å². The summed E-state index contributed by atoms with van der Waals surface area (Å²) in [7, 11) is -3.70. The largest absolute Gasteiger partial charge is 0.273 e. The van der Waals surface area contributed by atoms with Crippen molar-refractivity contribution in [2.75, 3.05) is 0 Å². The molecule has 0 atom stereocenters. The number of thiophene rings is 1. The summed E-state index contributed by atoms with van der Waals surface area (Å²) in [5.74, 6) is -0.481. The minimum Gasteiger partial charge on any atom is -0.269 e. The zero-order valence-corrected chi connectivity index (χ0v) is 11.5. The van der Waals surface area contributed by atoms with Crippen molar-refractivity contribution in [3.8, 4) is 0 Å². The molecule has 0 saturated carbocycles. The molecular formula is C12H15NO3S2. The van der Waals surface area contributed by atoms with E-state index in [4.69, 9.17) is 0 Å². The van der Waals surface area contributed by atoms with Crippen molar-refractivity contribution in [2.24, 2.45) is 0 Å². The molecule has 6 heteroatoms. The number of hydrogen-bond acceptors (Lipinski definition) is 4. The Balaban J connectivity index is 2.09. The van der Waals surface area contributed by atoms with Crippen molar-refractivity contribution in [3.05, 3.63) is 29.2 Å². The average molecular weight is 285 g/mol. The summed E-state index contributed by atoms with van der Waals surface area (Å²) >= 11 is 1.10. The maximum absolute atomic E-state index is 11.9. The molecule has 0 aliphatic heterocycles. The number of carbonyl (C=O) groups excluding carboxylic acids is 1. The van der Waals surface area contributed by atoms with Crippen molar-refractivity contribution >= 4 is 27.3 Å². The summed E-state index contributed by atoms with van der Waals surface area (Å²) in [6, 6.07) is 3.14. The third-order valence-corrected chi connectivity index (χ3v) is 5.55. The second-order valence-corrected chi connectivity index (χ2v) is 7.05. The van der Waals surface area contributed by atoms with Crippen LogP contribution in [0.25, 0.3) is 0 Å². The molecule has 4 nitrogen and oxygen atoms in total. The second kappa shape index (κ2) is 5.67. The molecule has 0 aromatic carbocycles. The fraction of sp³-hybridized carbons (Fsp3) is 0.417. The molecule has 0 bridgehead atoms. The number of hydrogen-bond donors (Lipinski definition) is 1. The van der Waals surface area contributed by atoms with E-state index in [0.29, 0.717) is 12.0 Å². The summed E-state index contributed by atoms with van der Waals surface area (Å²) in [6.45, 7) is 0. The quantitative estimate of drug-likeness (QED) is 0.927. The Kier molecular flexibility index (Phi) is 4.19. The molecule has 1 aromatic heterocycles. The third-order valence-electron chi connectivity index (χ3n) is 2.82. The molecule has 0 fully saturated rings. The minimum absolute atomic E-state index is 0.171. The Morgan fingerprint density at radius 3 is 2.83 bits per heavy atom. The molecule has 98 valence electrons. The fourth-order valence-electron chi connectivity index (χ4n) is 1.88. The van der Waals surface area contributed by atoms with Gasteiger partial charge in [-0.1, -0.05) is 18.6 Å². The molecule has 0 spiro atoms. The van der Waals surface area contributed by atoms with E-state index in [1.54, 1.807) is 11.4 Å². The third kappa shape index (κ3) is 3.20. The molecule has 1 aliphatic rings. The van der Waals surface area contributed by atoms with E-state index in [1.165, 1.54) is 6.07 Å². The zero-order chi connectivity index (χ0) is 13.0. The molecule has 1 N–H and O–H groups in total. The first-order valence-corrected chi connectivity index (χ1v) is 8.25. The number of carbonyl (C=O) groups is 1. The normalized spacial score (nSPS) is 16.8. The lowest BCUT2D eigenvalue weighted by molar-refractivity contribution is -0.116. The van der Waals surface area contributed by atoms with Gasteiger partial charge in [-0.3, -0.25) is 4.79 Å². The van der Waals surface area contributed by atoms with Gasteiger partial charge in [0.25, 0.3) is 15.9 Å². The van der Waals surface area contributed by atoms with Crippen LogP contribution in [0.15, 0.2) is 33.4 Å². The van der Waals surface area contributed by atoms with Crippen LogP contribution in [-0.2, 0) is 14.8 Å². The van der Waals surface area contributed by atoms with Gasteiger partial charge in [0.1, 0.15) is 4.21 Å². The van der Waals surface area contributed by atoms with Crippen LogP contribution in [0, 0.1) is 0 Å². The van der Waals surface area contributed by atoms with E-state index in [9.17, 15) is 13.2 Å². The molecule has 1 aliphatic carbocycles. The van der Waals surface area contributed by atoms with E-state index in [0.717, 1.165) is 37.0 Å². The van der Waals surface area contributed by atoms with Crippen molar-refractivity contribution in [3.63, 3.8) is 0 Å². The van der Waals surface area contributed by atoms with Gasteiger partial charge in [0, 0.05) is 5.57 Å². The van der Waals surface area contributed by atoms with E-state index in [2.05, 4.69) is 4.72 Å². The number of rotatable bonds is 3. The van der Waals surface area contributed by atoms with E-state index in [-0.39, 0.29) is 4.21 Å². The van der Waals surface area contributed by atoms with Crippen molar-refractivity contribution < 1.29 is 13.2 Å². The van der Waals surface area contributed by atoms with E-state index < -0.39 is 15.9 Å². The lowest BCUT2D eigenvalue weighted by Gasteiger charge is -2.07. The van der Waals surface area contributed by atoms with Crippen LogP contribution in [0.3, 0.4) is 0 Å². The van der Waals surface area contributed by atoms with Crippen LogP contribution in [0.1, 0.15) is 32.1 Å². The number of sulfonamides is 1. The van der Waals surface area contributed by atoms with Crippen LogP contribution in [-0.4, -0.2) is 14.3 Å². The maximum atomic E-state index is 11.9. The summed E-state index contributed by atoms with van der Waals surface area (Å²) in [5.41, 5.74) is 0.590. The predicted octanol–water partition coefficient (Wildman–Crippen LogP) is 2.44. The van der Waals surface area contributed by atoms with Gasteiger partial charge in [-0.15, -0.1) is 11.3 Å². The lowest BCUT2D eigenvalue weighted by Crippen LogP contribution is -2.31. The summed E-state index contributed by atoms with van der Waals surface area (Å²) in [4.78, 5) is 11.9. The fourth-order valence-corrected chi connectivity index (χ4v) is 3.86. The first-order chi connectivity index (χ1) is 8.59. The molecule has 1 amide bonds. The lowest BCUT2D eigenvalue weighted by atomic mass is 10.1. The highest BCUT2D eigenvalue weighted by Gasteiger charge is 2.21. The maximum Gasteiger partial charge on any atom is 0.273 e. The van der Waals surface area contributed by atoms with Gasteiger partial charge in [-0.2, -0.15) is 0 Å². The highest BCUT2D eigenvalue weighted by molar-refractivity contribution is 7.92. The van der Waals surface area contributed by atoms with Crippen LogP contribution in [0.5, 0.6) is 0 Å². The van der Waals surface area contributed by atoms with Crippen molar-refractivity contribution in [2.45, 2.75) is 36.3 Å². The summed E-state index contributed by atoms with van der Waals surface area (Å²) in [6.07, 6.45) is 6.46. The van der Waals surface area contributed by atoms with Crippen LogP contribution in [0.2, 0.25) is 0 Å². The Labute approximate surface area is 111 Å². The Hall–Kier alpha value is -1.14. The smallest absolute Gasteiger partial charge is 0.269 e. The summed E-state index contributed by atoms with van der Waals surface area (Å²) < 4.78 is 26.1. The molecule has 0 saturated heterocycles. The van der Waals surface area contributed by atoms with Crippen LogP contribution < -0.4 is 4.72 Å². The Morgan fingerprint density at radius 1 is 1.28 bits per heavy atom. The first-order valence-electron chi connectivity index (χ1n) is 5.89. The average Bonchev–Trinajstić information content (AvgIpc) is 2.72. The van der Waals surface area contributed by atoms with Gasteiger partial charge in [0.05, 0.1) is 0 Å². The van der Waals surface area contributed by atoms with Crippen LogP contribution in [0.4, 0.5) is 0 Å². The number of allylic oxidation sites excluding steroid dienone is 1. The predicted molar refractivity (Wildman–Crippen MR) is 70.8 cm³/mol. The Morgan fingerprint density at radius 2 is 2.11 bits per heavy atom. The molecule has 0 radical (unpaired) electrons. The Bertz CT molecular complexity index is 544.